The quantitative estimate of drug-likeness (QED) is 0.560. The predicted molar refractivity (Wildman–Crippen MR) is 105 cm³/mol. The summed E-state index contributed by atoms with van der Waals surface area (Å²) in [5.41, 5.74) is -0.0404. The van der Waals surface area contributed by atoms with Gasteiger partial charge >= 0.3 is 11.9 Å². The maximum atomic E-state index is 13.5. The molecule has 164 valence electrons. The van der Waals surface area contributed by atoms with Crippen LogP contribution in [0.1, 0.15) is 79.1 Å². The molecule has 4 nitrogen and oxygen atoms in total. The van der Waals surface area contributed by atoms with Crippen LogP contribution in [0, 0.1) is 28.6 Å². The third-order valence-electron chi connectivity index (χ3n) is 8.38. The van der Waals surface area contributed by atoms with Crippen molar-refractivity contribution in [1.29, 1.82) is 0 Å². The molecule has 0 amide bonds. The third kappa shape index (κ3) is 4.36. The van der Waals surface area contributed by atoms with Gasteiger partial charge in [-0.25, -0.2) is 0 Å². The van der Waals surface area contributed by atoms with Gasteiger partial charge in [-0.1, -0.05) is 13.8 Å². The zero-order valence-electron chi connectivity index (χ0n) is 18.1. The number of rotatable bonds is 4. The number of allylic oxidation sites excluding steroid dienone is 1. The Hall–Kier alpha value is -1.46. The van der Waals surface area contributed by atoms with Crippen LogP contribution < -0.4 is 0 Å². The molecule has 0 heterocycles. The lowest BCUT2D eigenvalue weighted by atomic mass is 9.53. The van der Waals surface area contributed by atoms with Crippen molar-refractivity contribution in [3.63, 3.8) is 0 Å². The second kappa shape index (κ2) is 8.35. The first-order valence-corrected chi connectivity index (χ1v) is 10.9. The number of carbonyl (C=O) groups is 2. The highest BCUT2D eigenvalue weighted by molar-refractivity contribution is 5.66. The average Bonchev–Trinajstić information content (AvgIpc) is 2.98. The fraction of sp³-hybridized carbons (Fsp3) is 0.826. The first kappa shape index (κ1) is 22.2. The Labute approximate surface area is 172 Å². The van der Waals surface area contributed by atoms with E-state index in [2.05, 4.69) is 6.92 Å². The lowest BCUT2D eigenvalue weighted by Crippen LogP contribution is -2.47. The molecule has 0 aliphatic heterocycles. The van der Waals surface area contributed by atoms with Gasteiger partial charge in [0.25, 0.3) is 6.08 Å². The van der Waals surface area contributed by atoms with E-state index in [9.17, 15) is 18.4 Å². The van der Waals surface area contributed by atoms with Crippen molar-refractivity contribution in [1.82, 2.24) is 0 Å². The standard InChI is InChI=1S/C23H34F2O4/c1-14(26)28-13-18-12-19(29-15(2)27)8-10-22(18,3)17-7-9-23(4)16(11-17)5-6-20(23)21(24)25/h16-19H,5-13H2,1-4H3/t16?,17?,18-,19+,22-,23+/m1/s1. The Morgan fingerprint density at radius 1 is 1.00 bits per heavy atom. The summed E-state index contributed by atoms with van der Waals surface area (Å²) in [4.78, 5) is 22.9. The molecule has 3 rings (SSSR count). The molecule has 6 atom stereocenters. The molecule has 0 radical (unpaired) electrons. The number of fused-ring (bicyclic) bond motifs is 1. The molecule has 2 unspecified atom stereocenters. The molecule has 0 N–H and O–H groups in total. The highest BCUT2D eigenvalue weighted by Crippen LogP contribution is 2.62. The second-order valence-corrected chi connectivity index (χ2v) is 9.87. The van der Waals surface area contributed by atoms with Gasteiger partial charge < -0.3 is 9.47 Å². The summed E-state index contributed by atoms with van der Waals surface area (Å²) >= 11 is 0. The lowest BCUT2D eigenvalue weighted by Gasteiger charge is -2.53. The smallest absolute Gasteiger partial charge is 0.302 e. The molecular formula is C23H34F2O4. The summed E-state index contributed by atoms with van der Waals surface area (Å²) in [7, 11) is 0. The molecule has 29 heavy (non-hydrogen) atoms. The van der Waals surface area contributed by atoms with Crippen LogP contribution in [0.2, 0.25) is 0 Å². The van der Waals surface area contributed by atoms with Gasteiger partial charge in [-0.2, -0.15) is 8.78 Å². The molecule has 3 fully saturated rings. The van der Waals surface area contributed by atoms with Gasteiger partial charge in [0.2, 0.25) is 0 Å². The van der Waals surface area contributed by atoms with Crippen LogP contribution in [0.25, 0.3) is 0 Å². The van der Waals surface area contributed by atoms with Crippen molar-refractivity contribution in [3.05, 3.63) is 11.7 Å². The van der Waals surface area contributed by atoms with Crippen molar-refractivity contribution < 1.29 is 27.8 Å². The zero-order valence-corrected chi connectivity index (χ0v) is 18.1. The second-order valence-electron chi connectivity index (χ2n) is 9.87. The molecule has 0 aromatic heterocycles. The topological polar surface area (TPSA) is 52.6 Å². The first-order chi connectivity index (χ1) is 13.6. The average molecular weight is 413 g/mol. The van der Waals surface area contributed by atoms with Crippen molar-refractivity contribution in [2.24, 2.45) is 28.6 Å². The van der Waals surface area contributed by atoms with Gasteiger partial charge in [-0.15, -0.1) is 0 Å². The highest BCUT2D eigenvalue weighted by Gasteiger charge is 2.54. The van der Waals surface area contributed by atoms with E-state index in [1.165, 1.54) is 13.8 Å². The van der Waals surface area contributed by atoms with Crippen LogP contribution >= 0.6 is 0 Å². The van der Waals surface area contributed by atoms with Gasteiger partial charge in [0.1, 0.15) is 6.10 Å². The Morgan fingerprint density at radius 3 is 2.34 bits per heavy atom. The minimum absolute atomic E-state index is 0.0475. The van der Waals surface area contributed by atoms with Crippen molar-refractivity contribution >= 4 is 11.9 Å². The minimum atomic E-state index is -1.48. The Balaban J connectivity index is 1.77. The molecule has 3 aliphatic rings. The summed E-state index contributed by atoms with van der Waals surface area (Å²) in [6.45, 7) is 7.44. The molecule has 0 aromatic rings. The van der Waals surface area contributed by atoms with Crippen molar-refractivity contribution in [2.75, 3.05) is 6.61 Å². The fourth-order valence-electron chi connectivity index (χ4n) is 6.48. The van der Waals surface area contributed by atoms with Crippen LogP contribution in [-0.4, -0.2) is 24.6 Å². The van der Waals surface area contributed by atoms with Crippen LogP contribution in [-0.2, 0) is 19.1 Å². The summed E-state index contributed by atoms with van der Waals surface area (Å²) in [5.74, 6) is 0.212. The lowest BCUT2D eigenvalue weighted by molar-refractivity contribution is -0.158. The van der Waals surface area contributed by atoms with Crippen LogP contribution in [0.15, 0.2) is 11.7 Å². The molecule has 0 bridgehead atoms. The van der Waals surface area contributed by atoms with E-state index in [-0.39, 0.29) is 40.7 Å². The number of carbonyl (C=O) groups excluding carboxylic acids is 2. The molecule has 0 aromatic carbocycles. The molecule has 0 spiro atoms. The highest BCUT2D eigenvalue weighted by atomic mass is 19.3. The number of hydrogen-bond acceptors (Lipinski definition) is 4. The normalized spacial score (nSPS) is 39.6. The van der Waals surface area contributed by atoms with Crippen LogP contribution in [0.4, 0.5) is 8.78 Å². The third-order valence-corrected chi connectivity index (χ3v) is 8.38. The number of hydrogen-bond donors (Lipinski definition) is 0. The Bertz CT molecular complexity index is 686. The van der Waals surface area contributed by atoms with Gasteiger partial charge in [0.15, 0.2) is 0 Å². The van der Waals surface area contributed by atoms with E-state index in [1.54, 1.807) is 0 Å². The zero-order chi connectivity index (χ0) is 21.4. The summed E-state index contributed by atoms with van der Waals surface area (Å²) in [6.07, 6.45) is 4.75. The Kier molecular flexibility index (Phi) is 6.40. The van der Waals surface area contributed by atoms with Gasteiger partial charge in [0, 0.05) is 25.3 Å². The van der Waals surface area contributed by atoms with E-state index in [0.29, 0.717) is 30.9 Å². The SMILES string of the molecule is CC(=O)OC[C@H]1C[C@@H](OC(C)=O)CC[C@]1(C)C1CC[C@]2(C)C(=C(F)F)CCC2C1. The summed E-state index contributed by atoms with van der Waals surface area (Å²) < 4.78 is 37.8. The van der Waals surface area contributed by atoms with Crippen LogP contribution in [0.5, 0.6) is 0 Å². The van der Waals surface area contributed by atoms with E-state index >= 15 is 0 Å². The summed E-state index contributed by atoms with van der Waals surface area (Å²) in [5, 5.41) is 0. The largest absolute Gasteiger partial charge is 0.466 e. The molecule has 6 heteroatoms. The van der Waals surface area contributed by atoms with Crippen molar-refractivity contribution in [3.8, 4) is 0 Å². The van der Waals surface area contributed by atoms with Gasteiger partial charge in [-0.3, -0.25) is 9.59 Å². The number of halogens is 2. The maximum absolute atomic E-state index is 13.5. The Morgan fingerprint density at radius 2 is 1.72 bits per heavy atom. The molecule has 3 saturated carbocycles. The van der Waals surface area contributed by atoms with E-state index in [1.807, 2.05) is 6.92 Å². The maximum Gasteiger partial charge on any atom is 0.302 e. The van der Waals surface area contributed by atoms with Crippen molar-refractivity contribution in [2.45, 2.75) is 85.2 Å². The van der Waals surface area contributed by atoms with E-state index in [0.717, 1.165) is 38.5 Å². The van der Waals surface area contributed by atoms with Gasteiger partial charge in [0.05, 0.1) is 6.61 Å². The predicted octanol–water partition coefficient (Wildman–Crippen LogP) is 5.65. The summed E-state index contributed by atoms with van der Waals surface area (Å²) in [6, 6.07) is 0. The molecule has 3 aliphatic carbocycles. The molecule has 0 saturated heterocycles. The van der Waals surface area contributed by atoms with E-state index < -0.39 is 6.08 Å². The number of ether oxygens (including phenoxy) is 2. The van der Waals surface area contributed by atoms with Gasteiger partial charge in [-0.05, 0) is 74.0 Å². The monoisotopic (exact) mass is 412 g/mol. The van der Waals surface area contributed by atoms with E-state index in [4.69, 9.17) is 9.47 Å². The fourth-order valence-corrected chi connectivity index (χ4v) is 6.48. The number of esters is 2. The van der Waals surface area contributed by atoms with Crippen LogP contribution in [0.3, 0.4) is 0 Å². The first-order valence-electron chi connectivity index (χ1n) is 10.9. The minimum Gasteiger partial charge on any atom is -0.466 e. The molecular weight excluding hydrogens is 378 g/mol.